The molecule has 0 amide bonds. The number of sulfone groups is 1. The number of aromatic nitrogens is 2. The Hall–Kier alpha value is -1.17. The van der Waals surface area contributed by atoms with Crippen LogP contribution in [0, 0.1) is 5.92 Å². The third-order valence-electron chi connectivity index (χ3n) is 4.31. The molecule has 0 radical (unpaired) electrons. The summed E-state index contributed by atoms with van der Waals surface area (Å²) in [6.45, 7) is 7.42. The Balaban J connectivity index is 1.61. The molecule has 0 bridgehead atoms. The van der Waals surface area contributed by atoms with E-state index in [0.29, 0.717) is 30.7 Å². The molecule has 1 saturated carbocycles. The van der Waals surface area contributed by atoms with Crippen molar-refractivity contribution in [1.29, 1.82) is 0 Å². The second-order valence-corrected chi connectivity index (χ2v) is 9.65. The first kappa shape index (κ1) is 14.8. The number of rotatable bonds is 4. The van der Waals surface area contributed by atoms with Gasteiger partial charge in [0, 0.05) is 25.5 Å². The first-order chi connectivity index (χ1) is 9.75. The summed E-state index contributed by atoms with van der Waals surface area (Å²) in [6.07, 6.45) is 5.84. The van der Waals surface area contributed by atoms with Crippen LogP contribution in [0.1, 0.15) is 39.2 Å². The minimum Gasteiger partial charge on any atom is -0.338 e. The van der Waals surface area contributed by atoms with E-state index in [9.17, 15) is 8.42 Å². The second-order valence-electron chi connectivity index (χ2n) is 7.32. The topological polar surface area (TPSA) is 63.2 Å². The van der Waals surface area contributed by atoms with Gasteiger partial charge in [0.15, 0.2) is 9.84 Å². The predicted molar refractivity (Wildman–Crippen MR) is 83.2 cm³/mol. The highest BCUT2D eigenvalue weighted by Gasteiger charge is 2.41. The van der Waals surface area contributed by atoms with Crippen LogP contribution in [0.3, 0.4) is 0 Å². The normalized spacial score (nSPS) is 20.4. The fourth-order valence-corrected chi connectivity index (χ4v) is 4.53. The summed E-state index contributed by atoms with van der Waals surface area (Å²) in [5, 5.41) is -0.232. The van der Waals surface area contributed by atoms with Crippen LogP contribution in [0.2, 0.25) is 0 Å². The molecule has 1 aromatic heterocycles. The largest absolute Gasteiger partial charge is 0.338 e. The van der Waals surface area contributed by atoms with Crippen molar-refractivity contribution >= 4 is 15.8 Å². The highest BCUT2D eigenvalue weighted by atomic mass is 32.2. The Morgan fingerprint density at radius 2 is 1.76 bits per heavy atom. The lowest BCUT2D eigenvalue weighted by Gasteiger charge is -2.38. The third-order valence-corrected chi connectivity index (χ3v) is 6.56. The fourth-order valence-electron chi connectivity index (χ4n) is 2.45. The standard InChI is InChI=1S/C15H23N3O2S/c1-15(2,3)12-6-16-14(17-7-12)18-8-13(9-18)21(19,20)10-11-4-5-11/h6-7,11,13H,4-5,8-10H2,1-3H3. The molecule has 0 spiro atoms. The van der Waals surface area contributed by atoms with Crippen molar-refractivity contribution in [2.45, 2.75) is 44.3 Å². The van der Waals surface area contributed by atoms with Crippen LogP contribution in [0.4, 0.5) is 5.95 Å². The predicted octanol–water partition coefficient (Wildman–Crippen LogP) is 1.79. The van der Waals surface area contributed by atoms with Gasteiger partial charge in [0.25, 0.3) is 0 Å². The van der Waals surface area contributed by atoms with Gasteiger partial charge in [0.2, 0.25) is 5.95 Å². The Morgan fingerprint density at radius 1 is 1.19 bits per heavy atom. The van der Waals surface area contributed by atoms with E-state index in [1.807, 2.05) is 17.3 Å². The molecule has 0 N–H and O–H groups in total. The van der Waals surface area contributed by atoms with Gasteiger partial charge < -0.3 is 4.90 Å². The Labute approximate surface area is 126 Å². The van der Waals surface area contributed by atoms with Gasteiger partial charge in [-0.25, -0.2) is 18.4 Å². The van der Waals surface area contributed by atoms with Crippen molar-refractivity contribution in [3.8, 4) is 0 Å². The maximum absolute atomic E-state index is 12.2. The summed E-state index contributed by atoms with van der Waals surface area (Å²) in [4.78, 5) is 10.7. The average molecular weight is 309 g/mol. The fraction of sp³-hybridized carbons (Fsp3) is 0.733. The summed E-state index contributed by atoms with van der Waals surface area (Å²) >= 11 is 0. The van der Waals surface area contributed by atoms with Crippen LogP contribution in [0.25, 0.3) is 0 Å². The molecule has 0 aromatic carbocycles. The molecule has 0 unspecified atom stereocenters. The average Bonchev–Trinajstić information content (AvgIpc) is 3.09. The summed E-state index contributed by atoms with van der Waals surface area (Å²) in [5.41, 5.74) is 1.12. The molecule has 2 aliphatic rings. The summed E-state index contributed by atoms with van der Waals surface area (Å²) in [7, 11) is -2.93. The molecule has 0 atom stereocenters. The molecule has 1 saturated heterocycles. The maximum atomic E-state index is 12.2. The molecule has 2 fully saturated rings. The Bertz CT molecular complexity index is 609. The van der Waals surface area contributed by atoms with E-state index in [4.69, 9.17) is 0 Å². The van der Waals surface area contributed by atoms with Gasteiger partial charge in [-0.3, -0.25) is 0 Å². The lowest BCUT2D eigenvalue weighted by atomic mass is 9.89. The Morgan fingerprint density at radius 3 is 2.24 bits per heavy atom. The lowest BCUT2D eigenvalue weighted by Crippen LogP contribution is -2.56. The van der Waals surface area contributed by atoms with E-state index in [2.05, 4.69) is 30.7 Å². The minimum absolute atomic E-state index is 0.0314. The zero-order valence-electron chi connectivity index (χ0n) is 12.9. The molecule has 6 heteroatoms. The van der Waals surface area contributed by atoms with Gasteiger partial charge in [-0.05, 0) is 29.7 Å². The van der Waals surface area contributed by atoms with E-state index < -0.39 is 9.84 Å². The van der Waals surface area contributed by atoms with Crippen LogP contribution < -0.4 is 4.90 Å². The zero-order chi connectivity index (χ0) is 15.3. The van der Waals surface area contributed by atoms with Crippen molar-refractivity contribution in [2.24, 2.45) is 5.92 Å². The van der Waals surface area contributed by atoms with Gasteiger partial charge in [-0.15, -0.1) is 0 Å². The highest BCUT2D eigenvalue weighted by Crippen LogP contribution is 2.33. The van der Waals surface area contributed by atoms with E-state index in [1.165, 1.54) is 0 Å². The molecule has 116 valence electrons. The van der Waals surface area contributed by atoms with Gasteiger partial charge in [0.05, 0.1) is 11.0 Å². The summed E-state index contributed by atoms with van der Waals surface area (Å²) < 4.78 is 24.3. The van der Waals surface area contributed by atoms with Crippen molar-refractivity contribution in [3.05, 3.63) is 18.0 Å². The van der Waals surface area contributed by atoms with Crippen LogP contribution in [0.15, 0.2) is 12.4 Å². The van der Waals surface area contributed by atoms with Crippen LogP contribution in [0.5, 0.6) is 0 Å². The van der Waals surface area contributed by atoms with Crippen molar-refractivity contribution in [3.63, 3.8) is 0 Å². The number of anilines is 1. The van der Waals surface area contributed by atoms with Gasteiger partial charge in [0.1, 0.15) is 0 Å². The van der Waals surface area contributed by atoms with E-state index in [0.717, 1.165) is 18.4 Å². The van der Waals surface area contributed by atoms with Crippen molar-refractivity contribution < 1.29 is 8.42 Å². The molecule has 2 heterocycles. The van der Waals surface area contributed by atoms with Crippen molar-refractivity contribution in [1.82, 2.24) is 9.97 Å². The molecular formula is C15H23N3O2S. The molecule has 1 aliphatic carbocycles. The SMILES string of the molecule is CC(C)(C)c1cnc(N2CC(S(=O)(=O)CC3CC3)C2)nc1. The molecule has 21 heavy (non-hydrogen) atoms. The highest BCUT2D eigenvalue weighted by molar-refractivity contribution is 7.92. The summed E-state index contributed by atoms with van der Waals surface area (Å²) in [6, 6.07) is 0. The molecule has 5 nitrogen and oxygen atoms in total. The molecular weight excluding hydrogens is 286 g/mol. The Kier molecular flexibility index (Phi) is 3.47. The smallest absolute Gasteiger partial charge is 0.225 e. The van der Waals surface area contributed by atoms with Crippen LogP contribution >= 0.6 is 0 Å². The van der Waals surface area contributed by atoms with E-state index in [1.54, 1.807) is 0 Å². The minimum atomic E-state index is -2.93. The van der Waals surface area contributed by atoms with Crippen LogP contribution in [-0.2, 0) is 15.3 Å². The number of hydrogen-bond acceptors (Lipinski definition) is 5. The van der Waals surface area contributed by atoms with E-state index >= 15 is 0 Å². The van der Waals surface area contributed by atoms with Crippen LogP contribution in [-0.4, -0.2) is 42.5 Å². The van der Waals surface area contributed by atoms with Gasteiger partial charge in [-0.1, -0.05) is 20.8 Å². The van der Waals surface area contributed by atoms with Gasteiger partial charge in [-0.2, -0.15) is 0 Å². The zero-order valence-corrected chi connectivity index (χ0v) is 13.7. The van der Waals surface area contributed by atoms with Crippen molar-refractivity contribution in [2.75, 3.05) is 23.7 Å². The lowest BCUT2D eigenvalue weighted by molar-refractivity contribution is 0.532. The summed E-state index contributed by atoms with van der Waals surface area (Å²) in [5.74, 6) is 1.43. The molecule has 3 rings (SSSR count). The van der Waals surface area contributed by atoms with Gasteiger partial charge >= 0.3 is 0 Å². The molecule has 1 aromatic rings. The maximum Gasteiger partial charge on any atom is 0.225 e. The van der Waals surface area contributed by atoms with E-state index in [-0.39, 0.29) is 10.7 Å². The number of hydrogen-bond donors (Lipinski definition) is 0. The first-order valence-corrected chi connectivity index (χ1v) is 9.26. The molecule has 1 aliphatic heterocycles. The quantitative estimate of drug-likeness (QED) is 0.848. The number of nitrogens with zero attached hydrogens (tertiary/aromatic N) is 3. The monoisotopic (exact) mass is 309 g/mol. The third kappa shape index (κ3) is 3.20. The first-order valence-electron chi connectivity index (χ1n) is 7.55. The second kappa shape index (κ2) is 4.93.